The Labute approximate surface area is 345 Å². The summed E-state index contributed by atoms with van der Waals surface area (Å²) in [6.07, 6.45) is 5.97. The zero-order valence-corrected chi connectivity index (χ0v) is 36.3. The van der Waals surface area contributed by atoms with Crippen LogP contribution in [0.1, 0.15) is 92.2 Å². The number of allylic oxidation sites excluding steroid dienone is 1. The molecule has 2 fully saturated rings. The molecule has 0 bridgehead atoms. The highest BCUT2D eigenvalue weighted by molar-refractivity contribution is 7.87. The predicted octanol–water partition coefficient (Wildman–Crippen LogP) is 4.49. The highest BCUT2D eigenvalue weighted by Gasteiger charge is 2.62. The Morgan fingerprint density at radius 3 is 2.59 bits per heavy atom. The van der Waals surface area contributed by atoms with Gasteiger partial charge >= 0.3 is 16.3 Å². The number of para-hydroxylation sites is 1. The molecule has 4 N–H and O–H groups in total. The van der Waals surface area contributed by atoms with Crippen LogP contribution in [0.4, 0.5) is 16.2 Å². The molecule has 6 atom stereocenters. The Bertz CT molecular complexity index is 2010. The molecule has 1 saturated heterocycles. The van der Waals surface area contributed by atoms with Gasteiger partial charge in [0.15, 0.2) is 0 Å². The van der Waals surface area contributed by atoms with Crippen LogP contribution in [0.3, 0.4) is 0 Å². The van der Waals surface area contributed by atoms with Crippen LogP contribution in [-0.2, 0) is 40.5 Å². The summed E-state index contributed by atoms with van der Waals surface area (Å²) in [5.74, 6) is -2.42. The number of hydrogen-bond acceptors (Lipinski definition) is 12. The van der Waals surface area contributed by atoms with Crippen LogP contribution in [0.5, 0.6) is 0 Å². The largest absolute Gasteiger partial charge is 0.444 e. The maximum atomic E-state index is 14.7. The summed E-state index contributed by atoms with van der Waals surface area (Å²) in [5.41, 5.74) is 1.39. The summed E-state index contributed by atoms with van der Waals surface area (Å²) in [6.45, 7) is 11.4. The van der Waals surface area contributed by atoms with Crippen molar-refractivity contribution in [3.8, 4) is 10.6 Å². The first kappa shape index (κ1) is 43.3. The third kappa shape index (κ3) is 9.45. The van der Waals surface area contributed by atoms with Crippen LogP contribution < -0.4 is 25.6 Å². The molecule has 3 aliphatic heterocycles. The standard InChI is InChI=1S/C40H58N8O8S2/c1-9-26-23-57-34(41-26)28-17-15-19-30-32(28)43-37(48(30)24(2)3)55-27-20-31-33(49)44-40(36(51)45-58(53,54)46(7)8)21-25(40)16-13-11-10-12-14-18-29(35(50)47(31)22-27)42-38(52)56-39(4,5)6/h13,15-17,19,23-25,27,29,31,37,43H,9-12,14,18,20-22H2,1-8H3,(H,42,52)(H,44,49)(H,45,51)/b16-13-/t25-,27-,29+,31+,37?,40-/m1/s1. The summed E-state index contributed by atoms with van der Waals surface area (Å²) in [5, 5.41) is 12.2. The number of fused-ring (bicyclic) bond motifs is 3. The SMILES string of the molecule is CCc1csc(-c2cccc3c2NC(O[C@@H]2C[C@H]4C(=O)N[C@]5(C(=O)NS(=O)(=O)N(C)C)C[C@H]5/C=C\CCCCC[C@H](NC(=O)OC(C)(C)C)C(=O)N4C2)N3C(C)C)n1. The topological polar surface area (TPSA) is 192 Å². The van der Waals surface area contributed by atoms with Crippen LogP contribution in [-0.4, -0.2) is 109 Å². The van der Waals surface area contributed by atoms with Crippen molar-refractivity contribution < 1.29 is 37.1 Å². The second kappa shape index (κ2) is 17.1. The van der Waals surface area contributed by atoms with Crippen molar-refractivity contribution in [1.29, 1.82) is 0 Å². The van der Waals surface area contributed by atoms with Crippen molar-refractivity contribution in [2.75, 3.05) is 30.9 Å². The molecule has 58 heavy (non-hydrogen) atoms. The lowest BCUT2D eigenvalue weighted by Gasteiger charge is -2.32. The van der Waals surface area contributed by atoms with Crippen molar-refractivity contribution in [3.05, 3.63) is 41.4 Å². The first-order valence-corrected chi connectivity index (χ1v) is 22.5. The second-order valence-corrected chi connectivity index (χ2v) is 19.7. The van der Waals surface area contributed by atoms with Gasteiger partial charge in [-0.15, -0.1) is 11.3 Å². The Morgan fingerprint density at radius 2 is 1.91 bits per heavy atom. The van der Waals surface area contributed by atoms with Crippen molar-refractivity contribution in [1.82, 2.24) is 29.5 Å². The number of nitrogens with zero attached hydrogens (tertiary/aromatic N) is 4. The minimum absolute atomic E-state index is 0.00706. The van der Waals surface area contributed by atoms with Gasteiger partial charge in [0, 0.05) is 50.0 Å². The van der Waals surface area contributed by atoms with Crippen molar-refractivity contribution in [3.63, 3.8) is 0 Å². The lowest BCUT2D eigenvalue weighted by Crippen LogP contribution is -2.58. The Hall–Kier alpha value is -4.26. The molecule has 18 heteroatoms. The monoisotopic (exact) mass is 842 g/mol. The van der Waals surface area contributed by atoms with Gasteiger partial charge in [0.05, 0.1) is 23.2 Å². The summed E-state index contributed by atoms with van der Waals surface area (Å²) < 4.78 is 40.9. The van der Waals surface area contributed by atoms with Gasteiger partial charge in [0.1, 0.15) is 28.2 Å². The first-order valence-electron chi connectivity index (χ1n) is 20.1. The quantitative estimate of drug-likeness (QED) is 0.260. The minimum Gasteiger partial charge on any atom is -0.444 e. The van der Waals surface area contributed by atoms with Crippen molar-refractivity contribution >= 4 is 56.7 Å². The van der Waals surface area contributed by atoms with Crippen molar-refractivity contribution in [2.45, 2.75) is 135 Å². The lowest BCUT2D eigenvalue weighted by atomic mass is 10.0. The maximum absolute atomic E-state index is 14.7. The Balaban J connectivity index is 1.31. The number of alkyl carbamates (subject to hydrolysis) is 1. The van der Waals surface area contributed by atoms with E-state index in [1.54, 1.807) is 32.1 Å². The molecule has 0 spiro atoms. The number of carbonyl (C=O) groups excluding carboxylic acids is 4. The third-order valence-corrected chi connectivity index (χ3v) is 13.2. The fraction of sp³-hybridized carbons (Fsp3) is 0.625. The average molecular weight is 843 g/mol. The molecule has 1 aliphatic carbocycles. The van der Waals surface area contributed by atoms with Crippen LogP contribution in [0.2, 0.25) is 0 Å². The number of hydrogen-bond donors (Lipinski definition) is 4. The number of ether oxygens (including phenoxy) is 2. The second-order valence-electron chi connectivity index (χ2n) is 16.9. The van der Waals surface area contributed by atoms with Crippen molar-refractivity contribution in [2.24, 2.45) is 5.92 Å². The molecule has 318 valence electrons. The van der Waals surface area contributed by atoms with E-state index in [1.807, 2.05) is 30.4 Å². The van der Waals surface area contributed by atoms with Crippen LogP contribution >= 0.6 is 11.3 Å². The zero-order valence-electron chi connectivity index (χ0n) is 34.7. The molecular formula is C40H58N8O8S2. The molecule has 6 rings (SSSR count). The van der Waals surface area contributed by atoms with E-state index in [2.05, 4.69) is 51.7 Å². The molecule has 1 aromatic carbocycles. The van der Waals surface area contributed by atoms with Crippen LogP contribution in [0.25, 0.3) is 10.6 Å². The first-order chi connectivity index (χ1) is 27.3. The van der Waals surface area contributed by atoms with Gasteiger partial charge < -0.3 is 35.2 Å². The van der Waals surface area contributed by atoms with E-state index in [-0.39, 0.29) is 25.4 Å². The predicted molar refractivity (Wildman–Crippen MR) is 222 cm³/mol. The van der Waals surface area contributed by atoms with E-state index >= 15 is 0 Å². The van der Waals surface area contributed by atoms with Crippen LogP contribution in [0.15, 0.2) is 35.7 Å². The normalized spacial score (nSPS) is 27.1. The molecule has 4 heterocycles. The number of anilines is 2. The number of amides is 4. The Kier molecular flexibility index (Phi) is 12.8. The van der Waals surface area contributed by atoms with Gasteiger partial charge in [0.25, 0.3) is 5.91 Å². The number of rotatable bonds is 9. The van der Waals surface area contributed by atoms with E-state index < -0.39 is 75.6 Å². The van der Waals surface area contributed by atoms with Crippen LogP contribution in [0, 0.1) is 5.92 Å². The molecular weight excluding hydrogens is 785 g/mol. The molecule has 0 radical (unpaired) electrons. The molecule has 4 aliphatic rings. The highest BCUT2D eigenvalue weighted by atomic mass is 32.2. The number of carbonyl (C=O) groups is 4. The Morgan fingerprint density at radius 1 is 1.16 bits per heavy atom. The maximum Gasteiger partial charge on any atom is 0.408 e. The van der Waals surface area contributed by atoms with E-state index in [0.29, 0.717) is 19.3 Å². The van der Waals surface area contributed by atoms with E-state index in [1.165, 1.54) is 19.0 Å². The lowest BCUT2D eigenvalue weighted by molar-refractivity contribution is -0.141. The smallest absolute Gasteiger partial charge is 0.408 e. The molecule has 1 unspecified atom stereocenters. The number of benzene rings is 1. The highest BCUT2D eigenvalue weighted by Crippen LogP contribution is 2.47. The summed E-state index contributed by atoms with van der Waals surface area (Å²) in [7, 11) is -1.57. The van der Waals surface area contributed by atoms with Gasteiger partial charge in [-0.1, -0.05) is 38.0 Å². The molecule has 1 saturated carbocycles. The number of aryl methyl sites for hydroxylation is 1. The number of nitrogens with one attached hydrogen (secondary N) is 4. The van der Waals surface area contributed by atoms with Gasteiger partial charge in [-0.25, -0.2) is 14.5 Å². The zero-order chi connectivity index (χ0) is 42.2. The molecule has 4 amide bonds. The summed E-state index contributed by atoms with van der Waals surface area (Å²) in [4.78, 5) is 64.4. The summed E-state index contributed by atoms with van der Waals surface area (Å²) >= 11 is 1.58. The van der Waals surface area contributed by atoms with Gasteiger partial charge in [-0.2, -0.15) is 12.7 Å². The molecule has 16 nitrogen and oxygen atoms in total. The average Bonchev–Trinajstić information content (AvgIpc) is 3.49. The number of thiazole rings is 1. The van der Waals surface area contributed by atoms with E-state index in [4.69, 9.17) is 14.5 Å². The summed E-state index contributed by atoms with van der Waals surface area (Å²) in [6, 6.07) is 3.91. The van der Waals surface area contributed by atoms with E-state index in [9.17, 15) is 27.6 Å². The van der Waals surface area contributed by atoms with Gasteiger partial charge in [0.2, 0.25) is 18.2 Å². The van der Waals surface area contributed by atoms with Gasteiger partial charge in [-0.05, 0) is 78.9 Å². The fourth-order valence-electron chi connectivity index (χ4n) is 7.76. The molecule has 1 aromatic heterocycles. The molecule has 2 aromatic rings. The fourth-order valence-corrected chi connectivity index (χ4v) is 9.29. The number of aromatic nitrogens is 1. The third-order valence-electron chi connectivity index (χ3n) is 10.9. The van der Waals surface area contributed by atoms with Gasteiger partial charge in [-0.3, -0.25) is 14.4 Å². The minimum atomic E-state index is -4.17. The van der Waals surface area contributed by atoms with E-state index in [0.717, 1.165) is 51.2 Å².